The van der Waals surface area contributed by atoms with Gasteiger partial charge in [0.05, 0.1) is 25.4 Å². The minimum Gasteiger partial charge on any atom is -0.379 e. The van der Waals surface area contributed by atoms with Crippen LogP contribution in [0.3, 0.4) is 0 Å². The minimum atomic E-state index is -0.644. The highest BCUT2D eigenvalue weighted by atomic mass is 16.7. The topological polar surface area (TPSA) is 83.8 Å². The van der Waals surface area contributed by atoms with Gasteiger partial charge in [0.1, 0.15) is 11.6 Å². The highest BCUT2D eigenvalue weighted by Gasteiger charge is 2.32. The molecule has 2 aliphatic rings. The van der Waals surface area contributed by atoms with Crippen molar-refractivity contribution in [3.63, 3.8) is 0 Å². The summed E-state index contributed by atoms with van der Waals surface area (Å²) in [5, 5.41) is 11.9. The highest BCUT2D eigenvalue weighted by Crippen LogP contribution is 2.23. The van der Waals surface area contributed by atoms with Crippen molar-refractivity contribution < 1.29 is 19.0 Å². The SMILES string of the molecule is CC1(C)COC(/C=C(/C#N)C(=O)NCCN2CCOCC2)O1. The van der Waals surface area contributed by atoms with Crippen molar-refractivity contribution in [2.75, 3.05) is 46.0 Å². The Morgan fingerprint density at radius 3 is 2.77 bits per heavy atom. The maximum Gasteiger partial charge on any atom is 0.261 e. The van der Waals surface area contributed by atoms with E-state index in [1.54, 1.807) is 0 Å². The van der Waals surface area contributed by atoms with Gasteiger partial charge in [-0.05, 0) is 19.9 Å². The molecule has 7 nitrogen and oxygen atoms in total. The molecule has 0 aromatic carbocycles. The van der Waals surface area contributed by atoms with Crippen molar-refractivity contribution in [1.29, 1.82) is 5.26 Å². The van der Waals surface area contributed by atoms with Crippen LogP contribution < -0.4 is 5.32 Å². The van der Waals surface area contributed by atoms with E-state index in [9.17, 15) is 4.79 Å². The van der Waals surface area contributed by atoms with Crippen LogP contribution in [0.2, 0.25) is 0 Å². The van der Waals surface area contributed by atoms with E-state index >= 15 is 0 Å². The van der Waals surface area contributed by atoms with Crippen LogP contribution >= 0.6 is 0 Å². The van der Waals surface area contributed by atoms with Gasteiger partial charge in [0.2, 0.25) is 0 Å². The Hall–Kier alpha value is -1.46. The number of carbonyl (C=O) groups excluding carboxylic acids is 1. The number of ether oxygens (including phenoxy) is 3. The Labute approximate surface area is 130 Å². The zero-order valence-corrected chi connectivity index (χ0v) is 13.1. The van der Waals surface area contributed by atoms with E-state index in [4.69, 9.17) is 19.5 Å². The molecule has 2 saturated heterocycles. The summed E-state index contributed by atoms with van der Waals surface area (Å²) in [5.41, 5.74) is -0.376. The molecule has 0 spiro atoms. The van der Waals surface area contributed by atoms with Gasteiger partial charge in [-0.2, -0.15) is 5.26 Å². The zero-order chi connectivity index (χ0) is 16.0. The molecule has 0 saturated carbocycles. The first-order valence-electron chi connectivity index (χ1n) is 7.50. The van der Waals surface area contributed by atoms with Gasteiger partial charge in [-0.1, -0.05) is 0 Å². The van der Waals surface area contributed by atoms with Gasteiger partial charge in [-0.15, -0.1) is 0 Å². The van der Waals surface area contributed by atoms with Gasteiger partial charge in [0, 0.05) is 26.2 Å². The maximum atomic E-state index is 12.0. The van der Waals surface area contributed by atoms with E-state index in [-0.39, 0.29) is 5.57 Å². The molecular formula is C15H23N3O4. The van der Waals surface area contributed by atoms with Gasteiger partial charge >= 0.3 is 0 Å². The molecule has 0 aliphatic carbocycles. The van der Waals surface area contributed by atoms with Crippen molar-refractivity contribution >= 4 is 5.91 Å². The van der Waals surface area contributed by atoms with Gasteiger partial charge in [-0.3, -0.25) is 9.69 Å². The first-order chi connectivity index (χ1) is 10.5. The second kappa shape index (κ2) is 7.70. The summed E-state index contributed by atoms with van der Waals surface area (Å²) in [6.07, 6.45) is 0.786. The molecule has 2 aliphatic heterocycles. The molecule has 2 rings (SSSR count). The molecule has 2 heterocycles. The Balaban J connectivity index is 1.78. The van der Waals surface area contributed by atoms with Crippen LogP contribution in [-0.4, -0.2) is 68.7 Å². The normalized spacial score (nSPS) is 25.7. The quantitative estimate of drug-likeness (QED) is 0.570. The lowest BCUT2D eigenvalue weighted by molar-refractivity contribution is -0.117. The van der Waals surface area contributed by atoms with Crippen LogP contribution in [0.1, 0.15) is 13.8 Å². The first kappa shape index (κ1) is 16.9. The average molecular weight is 309 g/mol. The van der Waals surface area contributed by atoms with E-state index in [1.807, 2.05) is 19.9 Å². The molecule has 2 fully saturated rings. The van der Waals surface area contributed by atoms with E-state index in [1.165, 1.54) is 6.08 Å². The van der Waals surface area contributed by atoms with Crippen molar-refractivity contribution in [3.05, 3.63) is 11.6 Å². The Morgan fingerprint density at radius 2 is 2.18 bits per heavy atom. The lowest BCUT2D eigenvalue weighted by Gasteiger charge is -2.26. The van der Waals surface area contributed by atoms with E-state index in [0.717, 1.165) is 32.8 Å². The molecule has 1 N–H and O–H groups in total. The smallest absolute Gasteiger partial charge is 0.261 e. The molecule has 7 heteroatoms. The molecule has 0 aromatic rings. The molecular weight excluding hydrogens is 286 g/mol. The van der Waals surface area contributed by atoms with Crippen LogP contribution in [0.5, 0.6) is 0 Å². The van der Waals surface area contributed by atoms with E-state index in [2.05, 4.69) is 10.2 Å². The molecule has 22 heavy (non-hydrogen) atoms. The number of nitriles is 1. The van der Waals surface area contributed by atoms with Crippen LogP contribution in [0.4, 0.5) is 0 Å². The minimum absolute atomic E-state index is 0.0182. The Bertz CT molecular complexity index is 464. The van der Waals surface area contributed by atoms with Crippen LogP contribution in [0.25, 0.3) is 0 Å². The molecule has 1 amide bonds. The maximum absolute atomic E-state index is 12.0. The van der Waals surface area contributed by atoms with Crippen LogP contribution in [0, 0.1) is 11.3 Å². The number of morpholine rings is 1. The first-order valence-corrected chi connectivity index (χ1v) is 7.50. The van der Waals surface area contributed by atoms with Gasteiger partial charge in [-0.25, -0.2) is 0 Å². The van der Waals surface area contributed by atoms with Crippen molar-refractivity contribution in [2.24, 2.45) is 0 Å². The summed E-state index contributed by atoms with van der Waals surface area (Å²) >= 11 is 0. The predicted octanol–water partition coefficient (Wildman–Crippen LogP) is 0.0363. The third-order valence-electron chi connectivity index (χ3n) is 3.52. The Kier molecular flexibility index (Phi) is 5.91. The zero-order valence-electron chi connectivity index (χ0n) is 13.1. The summed E-state index contributed by atoms with van der Waals surface area (Å²) in [7, 11) is 0. The summed E-state index contributed by atoms with van der Waals surface area (Å²) in [6, 6.07) is 1.90. The van der Waals surface area contributed by atoms with Gasteiger partial charge in [0.15, 0.2) is 6.29 Å². The number of amides is 1. The highest BCUT2D eigenvalue weighted by molar-refractivity contribution is 5.97. The third kappa shape index (κ3) is 5.07. The van der Waals surface area contributed by atoms with Crippen LogP contribution in [0.15, 0.2) is 11.6 Å². The molecule has 122 valence electrons. The monoisotopic (exact) mass is 309 g/mol. The van der Waals surface area contributed by atoms with Crippen molar-refractivity contribution in [3.8, 4) is 6.07 Å². The number of hydrogen-bond donors (Lipinski definition) is 1. The number of nitrogens with zero attached hydrogens (tertiary/aromatic N) is 2. The fourth-order valence-corrected chi connectivity index (χ4v) is 2.29. The number of nitrogens with one attached hydrogen (secondary N) is 1. The molecule has 1 atom stereocenters. The predicted molar refractivity (Wildman–Crippen MR) is 78.9 cm³/mol. The fraction of sp³-hybridized carbons (Fsp3) is 0.733. The van der Waals surface area contributed by atoms with Crippen molar-refractivity contribution in [2.45, 2.75) is 25.7 Å². The second-order valence-corrected chi connectivity index (χ2v) is 5.96. The average Bonchev–Trinajstić information content (AvgIpc) is 2.84. The standard InChI is InChI=1S/C15H23N3O4/c1-15(2)11-21-13(22-15)9-12(10-16)14(19)17-3-4-18-5-7-20-8-6-18/h9,13H,3-8,11H2,1-2H3,(H,17,19)/b12-9-. The van der Waals surface area contributed by atoms with Gasteiger partial charge in [0.25, 0.3) is 5.91 Å². The third-order valence-corrected chi connectivity index (χ3v) is 3.52. The lowest BCUT2D eigenvalue weighted by atomic mass is 10.2. The van der Waals surface area contributed by atoms with E-state index < -0.39 is 17.8 Å². The summed E-state index contributed by atoms with van der Waals surface area (Å²) in [5.74, 6) is -0.396. The van der Waals surface area contributed by atoms with Crippen LogP contribution in [-0.2, 0) is 19.0 Å². The Morgan fingerprint density at radius 1 is 1.45 bits per heavy atom. The molecule has 0 bridgehead atoms. The summed E-state index contributed by atoms with van der Waals surface area (Å²) in [6.45, 7) is 8.67. The molecule has 1 unspecified atom stereocenters. The lowest BCUT2D eigenvalue weighted by Crippen LogP contribution is -2.41. The van der Waals surface area contributed by atoms with Gasteiger partial charge < -0.3 is 19.5 Å². The number of hydrogen-bond acceptors (Lipinski definition) is 6. The summed E-state index contributed by atoms with van der Waals surface area (Å²) in [4.78, 5) is 14.2. The summed E-state index contributed by atoms with van der Waals surface area (Å²) < 4.78 is 16.2. The molecule has 0 aromatic heterocycles. The van der Waals surface area contributed by atoms with E-state index in [0.29, 0.717) is 13.2 Å². The number of rotatable bonds is 5. The largest absolute Gasteiger partial charge is 0.379 e. The number of carbonyl (C=O) groups is 1. The van der Waals surface area contributed by atoms with Crippen molar-refractivity contribution in [1.82, 2.24) is 10.2 Å². The second-order valence-electron chi connectivity index (χ2n) is 5.96. The fourth-order valence-electron chi connectivity index (χ4n) is 2.29. The molecule has 0 radical (unpaired) electrons.